The molecule has 0 aromatic carbocycles. The van der Waals surface area contributed by atoms with Gasteiger partial charge in [-0.2, -0.15) is 10.1 Å². The van der Waals surface area contributed by atoms with Gasteiger partial charge in [-0.3, -0.25) is 5.10 Å². The van der Waals surface area contributed by atoms with Crippen molar-refractivity contribution in [3.05, 3.63) is 29.6 Å². The minimum Gasteiger partial charge on any atom is -0.370 e. The van der Waals surface area contributed by atoms with E-state index in [1.807, 2.05) is 11.1 Å². The molecule has 1 unspecified atom stereocenters. The van der Waals surface area contributed by atoms with Gasteiger partial charge in [-0.15, -0.1) is 0 Å². The Morgan fingerprint density at radius 3 is 3.17 bits per heavy atom. The lowest BCUT2D eigenvalue weighted by Gasteiger charge is -2.32. The minimum absolute atomic E-state index is 0.0342. The number of morpholine rings is 1. The highest BCUT2D eigenvalue weighted by Crippen LogP contribution is 2.23. The van der Waals surface area contributed by atoms with Gasteiger partial charge in [0.05, 0.1) is 19.3 Å². The summed E-state index contributed by atoms with van der Waals surface area (Å²) in [6.07, 6.45) is 4.96. The Bertz CT molecular complexity index is 519. The first-order valence-corrected chi connectivity index (χ1v) is 5.90. The number of nitrogens with one attached hydrogen (secondary N) is 1. The fraction of sp³-hybridized carbons (Fsp3) is 0.400. The number of hydrogen-bond donors (Lipinski definition) is 1. The van der Waals surface area contributed by atoms with E-state index in [2.05, 4.69) is 25.1 Å². The summed E-state index contributed by atoms with van der Waals surface area (Å²) in [5.41, 5.74) is 1.01. The van der Waals surface area contributed by atoms with Gasteiger partial charge in [0.1, 0.15) is 12.4 Å². The molecule has 1 N–H and O–H groups in total. The molecule has 2 aromatic heterocycles. The number of halogens is 1. The molecule has 1 aliphatic rings. The van der Waals surface area contributed by atoms with Crippen molar-refractivity contribution >= 4 is 17.5 Å². The maximum absolute atomic E-state index is 5.76. The maximum Gasteiger partial charge on any atom is 0.229 e. The molecule has 1 aliphatic heterocycles. The van der Waals surface area contributed by atoms with Crippen LogP contribution < -0.4 is 4.90 Å². The zero-order valence-electron chi connectivity index (χ0n) is 9.45. The maximum atomic E-state index is 5.76. The van der Waals surface area contributed by atoms with E-state index in [0.29, 0.717) is 19.1 Å². The number of ether oxygens (including phenoxy) is 1. The molecule has 0 aliphatic carbocycles. The molecule has 7 nitrogen and oxygen atoms in total. The number of aromatic amines is 1. The molecule has 0 saturated carbocycles. The van der Waals surface area contributed by atoms with Gasteiger partial charge in [0.15, 0.2) is 0 Å². The SMILES string of the molecule is Clc1ncnc(N2CCOC(c3cn[nH]c3)C2)n1. The number of rotatable bonds is 2. The predicted molar refractivity (Wildman–Crippen MR) is 64.3 cm³/mol. The molecule has 94 valence electrons. The van der Waals surface area contributed by atoms with Gasteiger partial charge in [-0.1, -0.05) is 0 Å². The smallest absolute Gasteiger partial charge is 0.229 e. The van der Waals surface area contributed by atoms with E-state index in [1.165, 1.54) is 6.33 Å². The number of H-pyrrole nitrogens is 1. The van der Waals surface area contributed by atoms with Crippen molar-refractivity contribution in [3.63, 3.8) is 0 Å². The lowest BCUT2D eigenvalue weighted by molar-refractivity contribution is 0.0392. The largest absolute Gasteiger partial charge is 0.370 e. The second kappa shape index (κ2) is 4.87. The average molecular weight is 267 g/mol. The quantitative estimate of drug-likeness (QED) is 0.867. The highest BCUT2D eigenvalue weighted by Gasteiger charge is 2.24. The van der Waals surface area contributed by atoms with Gasteiger partial charge in [-0.05, 0) is 11.6 Å². The van der Waals surface area contributed by atoms with Crippen molar-refractivity contribution in [2.45, 2.75) is 6.10 Å². The van der Waals surface area contributed by atoms with Crippen LogP contribution in [-0.2, 0) is 4.74 Å². The van der Waals surface area contributed by atoms with E-state index in [4.69, 9.17) is 16.3 Å². The third-order valence-corrected chi connectivity index (χ3v) is 2.95. The Kier molecular flexibility index (Phi) is 3.07. The average Bonchev–Trinajstić information content (AvgIpc) is 2.93. The lowest BCUT2D eigenvalue weighted by Crippen LogP contribution is -2.39. The molecule has 1 saturated heterocycles. The first-order chi connectivity index (χ1) is 8.83. The van der Waals surface area contributed by atoms with Crippen LogP contribution in [0.25, 0.3) is 0 Å². The summed E-state index contributed by atoms with van der Waals surface area (Å²) in [7, 11) is 0. The summed E-state index contributed by atoms with van der Waals surface area (Å²) in [6.45, 7) is 2.01. The number of hydrogen-bond acceptors (Lipinski definition) is 6. The second-order valence-corrected chi connectivity index (χ2v) is 4.23. The van der Waals surface area contributed by atoms with E-state index < -0.39 is 0 Å². The third-order valence-electron chi connectivity index (χ3n) is 2.77. The molecule has 1 atom stereocenters. The zero-order valence-corrected chi connectivity index (χ0v) is 10.2. The van der Waals surface area contributed by atoms with E-state index >= 15 is 0 Å². The van der Waals surface area contributed by atoms with E-state index in [0.717, 1.165) is 12.1 Å². The first-order valence-electron chi connectivity index (χ1n) is 5.53. The van der Waals surface area contributed by atoms with Gasteiger partial charge in [0.25, 0.3) is 0 Å². The summed E-state index contributed by atoms with van der Waals surface area (Å²) in [5.74, 6) is 0.576. The Morgan fingerprint density at radius 2 is 2.39 bits per heavy atom. The molecule has 0 spiro atoms. The first kappa shape index (κ1) is 11.4. The topological polar surface area (TPSA) is 79.8 Å². The number of nitrogens with zero attached hydrogens (tertiary/aromatic N) is 5. The van der Waals surface area contributed by atoms with Crippen molar-refractivity contribution in [1.29, 1.82) is 0 Å². The molecular formula is C10H11ClN6O. The lowest BCUT2D eigenvalue weighted by atomic mass is 10.2. The van der Waals surface area contributed by atoms with Gasteiger partial charge in [0, 0.05) is 18.3 Å². The van der Waals surface area contributed by atoms with Gasteiger partial charge in [-0.25, -0.2) is 9.97 Å². The summed E-state index contributed by atoms with van der Waals surface area (Å²) >= 11 is 5.76. The molecule has 8 heteroatoms. The van der Waals surface area contributed by atoms with Crippen LogP contribution in [0.5, 0.6) is 0 Å². The molecule has 2 aromatic rings. The molecule has 18 heavy (non-hydrogen) atoms. The molecule has 1 fully saturated rings. The van der Waals surface area contributed by atoms with Crippen molar-refractivity contribution < 1.29 is 4.74 Å². The Morgan fingerprint density at radius 1 is 1.44 bits per heavy atom. The highest BCUT2D eigenvalue weighted by atomic mass is 35.5. The molecule has 0 radical (unpaired) electrons. The standard InChI is InChI=1S/C10H11ClN6O/c11-9-12-6-13-10(16-9)17-1-2-18-8(5-17)7-3-14-15-4-7/h3-4,6,8H,1-2,5H2,(H,14,15). The minimum atomic E-state index is -0.0342. The van der Waals surface area contributed by atoms with Crippen LogP contribution in [0.4, 0.5) is 5.95 Å². The van der Waals surface area contributed by atoms with E-state index in [-0.39, 0.29) is 11.4 Å². The highest BCUT2D eigenvalue weighted by molar-refractivity contribution is 6.28. The van der Waals surface area contributed by atoms with Crippen molar-refractivity contribution in [1.82, 2.24) is 25.1 Å². The van der Waals surface area contributed by atoms with Crippen LogP contribution in [0.2, 0.25) is 5.28 Å². The number of anilines is 1. The van der Waals surface area contributed by atoms with E-state index in [9.17, 15) is 0 Å². The van der Waals surface area contributed by atoms with Crippen molar-refractivity contribution in [2.75, 3.05) is 24.6 Å². The van der Waals surface area contributed by atoms with Crippen LogP contribution in [0.15, 0.2) is 18.7 Å². The summed E-state index contributed by atoms with van der Waals surface area (Å²) in [4.78, 5) is 14.0. The van der Waals surface area contributed by atoms with Crippen LogP contribution in [-0.4, -0.2) is 44.8 Å². The molecular weight excluding hydrogens is 256 g/mol. The zero-order chi connectivity index (χ0) is 12.4. The molecule has 3 rings (SSSR count). The fourth-order valence-corrected chi connectivity index (χ4v) is 2.01. The monoisotopic (exact) mass is 266 g/mol. The van der Waals surface area contributed by atoms with Crippen LogP contribution in [0.1, 0.15) is 11.7 Å². The van der Waals surface area contributed by atoms with Gasteiger partial charge in [0.2, 0.25) is 11.2 Å². The van der Waals surface area contributed by atoms with Crippen molar-refractivity contribution in [3.8, 4) is 0 Å². The molecule has 3 heterocycles. The summed E-state index contributed by atoms with van der Waals surface area (Å²) < 4.78 is 5.70. The van der Waals surface area contributed by atoms with E-state index in [1.54, 1.807) is 6.20 Å². The van der Waals surface area contributed by atoms with Gasteiger partial charge < -0.3 is 9.64 Å². The predicted octanol–water partition coefficient (Wildman–Crippen LogP) is 0.826. The Labute approximate surface area is 108 Å². The van der Waals surface area contributed by atoms with Crippen LogP contribution in [0.3, 0.4) is 0 Å². The Hall–Kier alpha value is -1.73. The van der Waals surface area contributed by atoms with Crippen LogP contribution in [0, 0.1) is 0 Å². The van der Waals surface area contributed by atoms with Crippen LogP contribution >= 0.6 is 11.6 Å². The molecule has 0 amide bonds. The van der Waals surface area contributed by atoms with Gasteiger partial charge >= 0.3 is 0 Å². The summed E-state index contributed by atoms with van der Waals surface area (Å²) in [6, 6.07) is 0. The Balaban J connectivity index is 1.78. The normalized spacial score (nSPS) is 20.1. The fourth-order valence-electron chi connectivity index (χ4n) is 1.89. The molecule has 0 bridgehead atoms. The van der Waals surface area contributed by atoms with Crippen molar-refractivity contribution in [2.24, 2.45) is 0 Å². The summed E-state index contributed by atoms with van der Waals surface area (Å²) in [5, 5.41) is 6.90. The number of aromatic nitrogens is 5. The second-order valence-electron chi connectivity index (χ2n) is 3.89. The third kappa shape index (κ3) is 2.27.